The van der Waals surface area contributed by atoms with Crippen molar-refractivity contribution in [1.82, 2.24) is 4.98 Å². The molecule has 0 amide bonds. The molecule has 0 N–H and O–H groups in total. The molecule has 2 heterocycles. The molecule has 1 aromatic rings. The van der Waals surface area contributed by atoms with E-state index in [2.05, 4.69) is 16.8 Å². The van der Waals surface area contributed by atoms with Gasteiger partial charge in [0.05, 0.1) is 0 Å². The zero-order valence-electron chi connectivity index (χ0n) is 7.90. The highest BCUT2D eigenvalue weighted by atomic mass is 15.2. The Bertz CT molecular complexity index is 279. The van der Waals surface area contributed by atoms with Crippen molar-refractivity contribution in [2.24, 2.45) is 0 Å². The summed E-state index contributed by atoms with van der Waals surface area (Å²) in [6, 6.07) is 4.53. The second kappa shape index (κ2) is 3.36. The van der Waals surface area contributed by atoms with Gasteiger partial charge in [0.1, 0.15) is 5.82 Å². The van der Waals surface area contributed by atoms with Crippen LogP contribution in [0.5, 0.6) is 0 Å². The van der Waals surface area contributed by atoms with Gasteiger partial charge in [-0.3, -0.25) is 0 Å². The second-order valence-corrected chi connectivity index (χ2v) is 3.63. The third kappa shape index (κ3) is 1.67. The lowest BCUT2D eigenvalue weighted by molar-refractivity contribution is 0.727. The van der Waals surface area contributed by atoms with Crippen molar-refractivity contribution in [1.29, 1.82) is 0 Å². The smallest absolute Gasteiger partial charge is 0.128 e. The van der Waals surface area contributed by atoms with E-state index in [1.54, 1.807) is 6.20 Å². The average Bonchev–Trinajstić information content (AvgIpc) is 2.53. The van der Waals surface area contributed by atoms with Gasteiger partial charge in [0.25, 0.3) is 0 Å². The SMILES string of the molecule is [CH]c1ccc(N2CCCC2C)nc1. The van der Waals surface area contributed by atoms with E-state index in [4.69, 9.17) is 6.92 Å². The maximum atomic E-state index is 5.58. The van der Waals surface area contributed by atoms with Gasteiger partial charge < -0.3 is 4.90 Å². The van der Waals surface area contributed by atoms with Crippen LogP contribution in [0.15, 0.2) is 18.3 Å². The van der Waals surface area contributed by atoms with Gasteiger partial charge in [0.2, 0.25) is 0 Å². The largest absolute Gasteiger partial charge is 0.354 e. The Morgan fingerprint density at radius 1 is 1.54 bits per heavy atom. The molecule has 1 aliphatic rings. The van der Waals surface area contributed by atoms with Crippen LogP contribution in [-0.2, 0) is 0 Å². The monoisotopic (exact) mass is 174 g/mol. The molecule has 1 saturated heterocycles. The van der Waals surface area contributed by atoms with Crippen LogP contribution in [0.25, 0.3) is 0 Å². The van der Waals surface area contributed by atoms with E-state index in [1.165, 1.54) is 12.8 Å². The fourth-order valence-electron chi connectivity index (χ4n) is 1.84. The Kier molecular flexibility index (Phi) is 2.21. The third-order valence-corrected chi connectivity index (χ3v) is 2.62. The summed E-state index contributed by atoms with van der Waals surface area (Å²) < 4.78 is 0. The minimum Gasteiger partial charge on any atom is -0.354 e. The summed E-state index contributed by atoms with van der Waals surface area (Å²) in [6.07, 6.45) is 4.26. The summed E-state index contributed by atoms with van der Waals surface area (Å²) in [5, 5.41) is 0. The standard InChI is InChI=1S/C11H14N2/c1-9-5-6-11(12-8-9)13-7-3-4-10(13)2/h1,5-6,8,10H,3-4,7H2,2H3. The van der Waals surface area contributed by atoms with Crippen molar-refractivity contribution in [2.45, 2.75) is 25.8 Å². The highest BCUT2D eigenvalue weighted by Gasteiger charge is 2.20. The number of nitrogens with zero attached hydrogens (tertiary/aromatic N) is 2. The van der Waals surface area contributed by atoms with Gasteiger partial charge in [-0.2, -0.15) is 0 Å². The summed E-state index contributed by atoms with van der Waals surface area (Å²) in [4.78, 5) is 6.64. The first-order valence-electron chi connectivity index (χ1n) is 4.75. The molecule has 1 aliphatic heterocycles. The molecule has 1 unspecified atom stereocenters. The maximum Gasteiger partial charge on any atom is 0.128 e. The minimum atomic E-state index is 0.621. The van der Waals surface area contributed by atoms with E-state index in [0.717, 1.165) is 17.9 Å². The van der Waals surface area contributed by atoms with Crippen LogP contribution < -0.4 is 4.90 Å². The van der Waals surface area contributed by atoms with Gasteiger partial charge in [-0.1, -0.05) is 6.07 Å². The number of pyridine rings is 1. The Hall–Kier alpha value is -1.05. The lowest BCUT2D eigenvalue weighted by atomic mass is 10.2. The number of hydrogen-bond acceptors (Lipinski definition) is 2. The van der Waals surface area contributed by atoms with Crippen LogP contribution in [0, 0.1) is 6.92 Å². The predicted octanol–water partition coefficient (Wildman–Crippen LogP) is 2.13. The summed E-state index contributed by atoms with van der Waals surface area (Å²) >= 11 is 0. The molecule has 2 rings (SSSR count). The molecular weight excluding hydrogens is 160 g/mol. The van der Waals surface area contributed by atoms with Crippen molar-refractivity contribution in [3.05, 3.63) is 30.8 Å². The van der Waals surface area contributed by atoms with Gasteiger partial charge in [-0.25, -0.2) is 4.98 Å². The normalized spacial score (nSPS) is 22.3. The zero-order chi connectivity index (χ0) is 9.26. The Labute approximate surface area is 79.6 Å². The molecular formula is C11H14N2. The summed E-state index contributed by atoms with van der Waals surface area (Å²) in [5.74, 6) is 1.05. The van der Waals surface area contributed by atoms with Crippen molar-refractivity contribution >= 4 is 5.82 Å². The molecule has 1 atom stereocenters. The number of anilines is 1. The summed E-state index contributed by atoms with van der Waals surface area (Å²) in [7, 11) is 0. The second-order valence-electron chi connectivity index (χ2n) is 3.63. The Morgan fingerprint density at radius 3 is 2.92 bits per heavy atom. The van der Waals surface area contributed by atoms with E-state index in [1.807, 2.05) is 12.1 Å². The van der Waals surface area contributed by atoms with Crippen LogP contribution in [-0.4, -0.2) is 17.6 Å². The van der Waals surface area contributed by atoms with E-state index in [9.17, 15) is 0 Å². The number of hydrogen-bond donors (Lipinski definition) is 0. The van der Waals surface area contributed by atoms with E-state index >= 15 is 0 Å². The summed E-state index contributed by atoms with van der Waals surface area (Å²) in [5.41, 5.74) is 0.732. The van der Waals surface area contributed by atoms with Crippen molar-refractivity contribution in [3.8, 4) is 0 Å². The van der Waals surface area contributed by atoms with Crippen molar-refractivity contribution in [2.75, 3.05) is 11.4 Å². The molecule has 0 aliphatic carbocycles. The molecule has 2 nitrogen and oxygen atoms in total. The quantitative estimate of drug-likeness (QED) is 0.648. The molecule has 0 bridgehead atoms. The zero-order valence-corrected chi connectivity index (χ0v) is 7.90. The van der Waals surface area contributed by atoms with Crippen LogP contribution in [0.1, 0.15) is 25.3 Å². The van der Waals surface area contributed by atoms with Gasteiger partial charge in [-0.05, 0) is 31.4 Å². The van der Waals surface area contributed by atoms with Gasteiger partial charge >= 0.3 is 0 Å². The van der Waals surface area contributed by atoms with Gasteiger partial charge in [-0.15, -0.1) is 0 Å². The predicted molar refractivity (Wildman–Crippen MR) is 53.7 cm³/mol. The lowest BCUT2D eigenvalue weighted by Crippen LogP contribution is -2.26. The van der Waals surface area contributed by atoms with Crippen LogP contribution in [0.2, 0.25) is 0 Å². The Morgan fingerprint density at radius 2 is 2.38 bits per heavy atom. The molecule has 68 valence electrons. The fourth-order valence-corrected chi connectivity index (χ4v) is 1.84. The number of aromatic nitrogens is 1. The maximum absolute atomic E-state index is 5.58. The highest BCUT2D eigenvalue weighted by Crippen LogP contribution is 2.22. The molecule has 2 radical (unpaired) electrons. The minimum absolute atomic E-state index is 0.621. The fraction of sp³-hybridized carbons (Fsp3) is 0.455. The first kappa shape index (κ1) is 8.54. The van der Waals surface area contributed by atoms with Gasteiger partial charge in [0, 0.05) is 25.7 Å². The van der Waals surface area contributed by atoms with Crippen molar-refractivity contribution < 1.29 is 0 Å². The summed E-state index contributed by atoms with van der Waals surface area (Å²) in [6.45, 7) is 8.94. The number of rotatable bonds is 1. The first-order valence-corrected chi connectivity index (χ1v) is 4.75. The average molecular weight is 174 g/mol. The van der Waals surface area contributed by atoms with Crippen LogP contribution in [0.4, 0.5) is 5.82 Å². The van der Waals surface area contributed by atoms with E-state index in [-0.39, 0.29) is 0 Å². The molecule has 1 fully saturated rings. The molecule has 0 saturated carbocycles. The molecule has 1 aromatic heterocycles. The molecule has 0 spiro atoms. The van der Waals surface area contributed by atoms with E-state index < -0.39 is 0 Å². The van der Waals surface area contributed by atoms with Crippen molar-refractivity contribution in [3.63, 3.8) is 0 Å². The Balaban J connectivity index is 2.20. The first-order chi connectivity index (χ1) is 6.27. The van der Waals surface area contributed by atoms with Crippen LogP contribution in [0.3, 0.4) is 0 Å². The molecule has 2 heteroatoms. The topological polar surface area (TPSA) is 16.1 Å². The van der Waals surface area contributed by atoms with Gasteiger partial charge in [0.15, 0.2) is 0 Å². The lowest BCUT2D eigenvalue weighted by Gasteiger charge is -2.22. The molecule has 0 aromatic carbocycles. The van der Waals surface area contributed by atoms with Crippen LogP contribution >= 0.6 is 0 Å². The highest BCUT2D eigenvalue weighted by molar-refractivity contribution is 5.41. The third-order valence-electron chi connectivity index (χ3n) is 2.62. The molecule has 13 heavy (non-hydrogen) atoms. The van der Waals surface area contributed by atoms with E-state index in [0.29, 0.717) is 6.04 Å².